The number of likely N-dealkylation sites (tertiary alicyclic amines) is 1. The Morgan fingerprint density at radius 3 is 2.78 bits per heavy atom. The number of rotatable bonds is 4. The molecule has 0 unspecified atom stereocenters. The molecule has 2 fully saturated rings. The SMILES string of the molecule is CC(C)C(=O)N1C[C@H](Nc2ncnc3[nH]cc([C@H]4CC4(F)F)c23)CC[C@@H]1C. The zero-order valence-electron chi connectivity index (χ0n) is 15.8. The highest BCUT2D eigenvalue weighted by Gasteiger charge is 2.58. The number of piperidine rings is 1. The van der Waals surface area contributed by atoms with Crippen LogP contribution in [0.2, 0.25) is 0 Å². The second kappa shape index (κ2) is 6.42. The van der Waals surface area contributed by atoms with Crippen LogP contribution in [0.4, 0.5) is 14.6 Å². The van der Waals surface area contributed by atoms with Crippen LogP contribution < -0.4 is 5.32 Å². The summed E-state index contributed by atoms with van der Waals surface area (Å²) < 4.78 is 27.2. The molecular weight excluding hydrogens is 352 g/mol. The number of nitrogens with one attached hydrogen (secondary N) is 2. The van der Waals surface area contributed by atoms with E-state index in [1.807, 2.05) is 18.7 Å². The van der Waals surface area contributed by atoms with Gasteiger partial charge in [0.05, 0.1) is 11.3 Å². The van der Waals surface area contributed by atoms with Crippen molar-refractivity contribution in [1.82, 2.24) is 19.9 Å². The lowest BCUT2D eigenvalue weighted by Gasteiger charge is -2.39. The summed E-state index contributed by atoms with van der Waals surface area (Å²) in [7, 11) is 0. The van der Waals surface area contributed by atoms with Gasteiger partial charge in [-0.2, -0.15) is 0 Å². The minimum absolute atomic E-state index is 0.0319. The second-order valence-corrected chi connectivity index (χ2v) is 8.12. The summed E-state index contributed by atoms with van der Waals surface area (Å²) in [4.78, 5) is 25.9. The molecule has 2 aromatic rings. The van der Waals surface area contributed by atoms with E-state index in [2.05, 4.69) is 27.2 Å². The minimum atomic E-state index is -2.65. The van der Waals surface area contributed by atoms with Crippen molar-refractivity contribution in [2.24, 2.45) is 5.92 Å². The number of aromatic nitrogens is 3. The van der Waals surface area contributed by atoms with Crippen LogP contribution in [0.3, 0.4) is 0 Å². The van der Waals surface area contributed by atoms with Crippen molar-refractivity contribution in [3.8, 4) is 0 Å². The number of carbonyl (C=O) groups excluding carboxylic acids is 1. The number of alkyl halides is 2. The molecule has 0 spiro atoms. The standard InChI is InChI=1S/C19H25F2N5O/c1-10(2)18(27)26-8-12(5-4-11(26)3)25-17-15-13(14-6-19(14,20)21)7-22-16(15)23-9-24-17/h7,9-12,14H,4-6,8H2,1-3H3,(H2,22,23,24,25)/t11-,12+,14+/m0/s1. The summed E-state index contributed by atoms with van der Waals surface area (Å²) in [6.07, 6.45) is 4.71. The normalized spacial score (nSPS) is 27.2. The maximum atomic E-state index is 13.6. The molecule has 2 aliphatic rings. The summed E-state index contributed by atoms with van der Waals surface area (Å²) in [6.45, 7) is 6.46. The van der Waals surface area contributed by atoms with Crippen LogP contribution in [0.15, 0.2) is 12.5 Å². The van der Waals surface area contributed by atoms with E-state index < -0.39 is 11.8 Å². The van der Waals surface area contributed by atoms with E-state index in [4.69, 9.17) is 0 Å². The molecule has 27 heavy (non-hydrogen) atoms. The van der Waals surface area contributed by atoms with E-state index in [1.54, 1.807) is 6.20 Å². The van der Waals surface area contributed by atoms with E-state index in [9.17, 15) is 13.6 Å². The highest BCUT2D eigenvalue weighted by atomic mass is 19.3. The highest BCUT2D eigenvalue weighted by Crippen LogP contribution is 2.57. The number of anilines is 1. The summed E-state index contributed by atoms with van der Waals surface area (Å²) in [6, 6.07) is 0.237. The maximum Gasteiger partial charge on any atom is 0.256 e. The molecule has 1 saturated heterocycles. The first-order chi connectivity index (χ1) is 12.8. The Bertz CT molecular complexity index is 865. The molecule has 4 rings (SSSR count). The van der Waals surface area contributed by atoms with Gasteiger partial charge < -0.3 is 15.2 Å². The van der Waals surface area contributed by atoms with Gasteiger partial charge in [-0.25, -0.2) is 18.7 Å². The lowest BCUT2D eigenvalue weighted by molar-refractivity contribution is -0.137. The minimum Gasteiger partial charge on any atom is -0.365 e. The average molecular weight is 377 g/mol. The number of hydrogen-bond acceptors (Lipinski definition) is 4. The van der Waals surface area contributed by atoms with E-state index >= 15 is 0 Å². The Morgan fingerprint density at radius 1 is 1.37 bits per heavy atom. The van der Waals surface area contributed by atoms with Crippen LogP contribution in [0.5, 0.6) is 0 Å². The van der Waals surface area contributed by atoms with Crippen molar-refractivity contribution in [2.45, 2.75) is 64.0 Å². The first kappa shape index (κ1) is 18.1. The Labute approximate surface area is 156 Å². The average Bonchev–Trinajstić information content (AvgIpc) is 3.05. The summed E-state index contributed by atoms with van der Waals surface area (Å²) >= 11 is 0. The largest absolute Gasteiger partial charge is 0.365 e. The van der Waals surface area contributed by atoms with E-state index in [0.717, 1.165) is 12.8 Å². The Balaban J connectivity index is 1.58. The molecule has 2 N–H and O–H groups in total. The number of carbonyl (C=O) groups is 1. The van der Waals surface area contributed by atoms with Crippen LogP contribution in [0.25, 0.3) is 11.0 Å². The number of aromatic amines is 1. The van der Waals surface area contributed by atoms with Gasteiger partial charge in [0.25, 0.3) is 5.92 Å². The number of halogens is 2. The monoisotopic (exact) mass is 377 g/mol. The lowest BCUT2D eigenvalue weighted by atomic mass is 9.97. The van der Waals surface area contributed by atoms with Crippen LogP contribution in [-0.4, -0.2) is 50.3 Å². The molecule has 3 atom stereocenters. The zero-order valence-corrected chi connectivity index (χ0v) is 15.8. The van der Waals surface area contributed by atoms with Gasteiger partial charge in [0.2, 0.25) is 5.91 Å². The smallest absolute Gasteiger partial charge is 0.256 e. The van der Waals surface area contributed by atoms with Gasteiger partial charge in [0, 0.05) is 37.2 Å². The van der Waals surface area contributed by atoms with E-state index in [-0.39, 0.29) is 30.3 Å². The number of H-pyrrole nitrogens is 1. The van der Waals surface area contributed by atoms with Gasteiger partial charge in [-0.15, -0.1) is 0 Å². The van der Waals surface area contributed by atoms with Gasteiger partial charge in [0.1, 0.15) is 17.8 Å². The van der Waals surface area contributed by atoms with Crippen molar-refractivity contribution in [2.75, 3.05) is 11.9 Å². The molecule has 0 aromatic carbocycles. The summed E-state index contributed by atoms with van der Waals surface area (Å²) in [5, 5.41) is 4.03. The Morgan fingerprint density at radius 2 is 2.11 bits per heavy atom. The molecule has 1 saturated carbocycles. The lowest BCUT2D eigenvalue weighted by Crippen LogP contribution is -2.51. The molecule has 0 radical (unpaired) electrons. The van der Waals surface area contributed by atoms with Crippen molar-refractivity contribution >= 4 is 22.8 Å². The third-order valence-corrected chi connectivity index (χ3v) is 5.70. The zero-order chi connectivity index (χ0) is 19.3. The molecule has 1 aliphatic carbocycles. The fourth-order valence-corrected chi connectivity index (χ4v) is 3.98. The molecule has 2 aromatic heterocycles. The number of hydrogen-bond donors (Lipinski definition) is 2. The topological polar surface area (TPSA) is 73.9 Å². The predicted octanol–water partition coefficient (Wildman–Crippen LogP) is 3.53. The van der Waals surface area contributed by atoms with Crippen molar-refractivity contribution in [3.05, 3.63) is 18.1 Å². The third kappa shape index (κ3) is 3.26. The molecule has 1 aliphatic heterocycles. The highest BCUT2D eigenvalue weighted by molar-refractivity contribution is 5.91. The molecule has 1 amide bonds. The van der Waals surface area contributed by atoms with Crippen molar-refractivity contribution < 1.29 is 13.6 Å². The van der Waals surface area contributed by atoms with Gasteiger partial charge in [-0.05, 0) is 25.3 Å². The molecule has 146 valence electrons. The number of amides is 1. The predicted molar refractivity (Wildman–Crippen MR) is 98.9 cm³/mol. The second-order valence-electron chi connectivity index (χ2n) is 8.12. The maximum absolute atomic E-state index is 13.6. The number of nitrogens with zero attached hydrogens (tertiary/aromatic N) is 3. The first-order valence-corrected chi connectivity index (χ1v) is 9.54. The van der Waals surface area contributed by atoms with E-state index in [0.29, 0.717) is 29.0 Å². The van der Waals surface area contributed by atoms with Gasteiger partial charge in [-0.3, -0.25) is 4.79 Å². The third-order valence-electron chi connectivity index (χ3n) is 5.70. The number of fused-ring (bicyclic) bond motifs is 1. The van der Waals surface area contributed by atoms with Crippen LogP contribution >= 0.6 is 0 Å². The Kier molecular flexibility index (Phi) is 4.31. The van der Waals surface area contributed by atoms with Crippen molar-refractivity contribution in [1.29, 1.82) is 0 Å². The van der Waals surface area contributed by atoms with Gasteiger partial charge in [-0.1, -0.05) is 13.8 Å². The fourth-order valence-electron chi connectivity index (χ4n) is 3.98. The molecule has 6 nitrogen and oxygen atoms in total. The van der Waals surface area contributed by atoms with Crippen LogP contribution in [0, 0.1) is 5.92 Å². The van der Waals surface area contributed by atoms with Crippen LogP contribution in [0.1, 0.15) is 51.5 Å². The fraction of sp³-hybridized carbons (Fsp3) is 0.632. The summed E-state index contributed by atoms with van der Waals surface area (Å²) in [5.74, 6) is -2.77. The van der Waals surface area contributed by atoms with Crippen LogP contribution in [-0.2, 0) is 4.79 Å². The Hall–Kier alpha value is -2.25. The molecular formula is C19H25F2N5O. The molecule has 3 heterocycles. The van der Waals surface area contributed by atoms with Crippen molar-refractivity contribution in [3.63, 3.8) is 0 Å². The molecule has 8 heteroatoms. The van der Waals surface area contributed by atoms with E-state index in [1.165, 1.54) is 6.33 Å². The summed E-state index contributed by atoms with van der Waals surface area (Å²) in [5.41, 5.74) is 1.13. The quantitative estimate of drug-likeness (QED) is 0.855. The van der Waals surface area contributed by atoms with Gasteiger partial charge in [0.15, 0.2) is 0 Å². The molecule has 0 bridgehead atoms. The first-order valence-electron chi connectivity index (χ1n) is 9.54. The van der Waals surface area contributed by atoms with Gasteiger partial charge >= 0.3 is 0 Å².